The molecule has 0 bridgehead atoms. The van der Waals surface area contributed by atoms with E-state index in [0.29, 0.717) is 16.9 Å². The molecule has 130 valence electrons. The Balaban J connectivity index is 1.60. The Morgan fingerprint density at radius 2 is 1.85 bits per heavy atom. The predicted molar refractivity (Wildman–Crippen MR) is 89.9 cm³/mol. The van der Waals surface area contributed by atoms with Gasteiger partial charge in [-0.15, -0.1) is 0 Å². The van der Waals surface area contributed by atoms with Crippen molar-refractivity contribution in [2.24, 2.45) is 4.99 Å². The van der Waals surface area contributed by atoms with E-state index >= 15 is 0 Å². The number of halogens is 2. The van der Waals surface area contributed by atoms with Crippen LogP contribution in [0.2, 0.25) is 0 Å². The van der Waals surface area contributed by atoms with E-state index < -0.39 is 12.6 Å². The van der Waals surface area contributed by atoms with Gasteiger partial charge in [-0.2, -0.15) is 8.78 Å². The van der Waals surface area contributed by atoms with Gasteiger partial charge in [0.25, 0.3) is 0 Å². The lowest BCUT2D eigenvalue weighted by Crippen LogP contribution is -2.06. The fourth-order valence-electron chi connectivity index (χ4n) is 2.52. The number of esters is 1. The Hall–Kier alpha value is -3.48. The highest BCUT2D eigenvalue weighted by Gasteiger charge is 2.24. The van der Waals surface area contributed by atoms with Gasteiger partial charge in [-0.05, 0) is 36.4 Å². The zero-order valence-electron chi connectivity index (χ0n) is 13.2. The van der Waals surface area contributed by atoms with Crippen LogP contribution >= 0.6 is 0 Å². The highest BCUT2D eigenvalue weighted by atomic mass is 19.3. The Kier molecular flexibility index (Phi) is 3.96. The van der Waals surface area contributed by atoms with E-state index in [4.69, 9.17) is 9.15 Å². The highest BCUT2D eigenvalue weighted by Crippen LogP contribution is 2.24. The number of ether oxygens (including phenoxy) is 2. The number of nitrogens with zero attached hydrogens (tertiary/aromatic N) is 1. The van der Waals surface area contributed by atoms with Crippen LogP contribution < -0.4 is 4.74 Å². The molecule has 0 N–H and O–H groups in total. The van der Waals surface area contributed by atoms with Gasteiger partial charge in [-0.25, -0.2) is 9.79 Å². The topological polar surface area (TPSA) is 61.0 Å². The summed E-state index contributed by atoms with van der Waals surface area (Å²) >= 11 is 0. The molecule has 0 atom stereocenters. The van der Waals surface area contributed by atoms with Crippen LogP contribution in [0.15, 0.2) is 69.7 Å². The summed E-state index contributed by atoms with van der Waals surface area (Å²) in [5.41, 5.74) is 1.25. The first kappa shape index (κ1) is 16.0. The van der Waals surface area contributed by atoms with Gasteiger partial charge in [0, 0.05) is 17.0 Å². The molecule has 0 unspecified atom stereocenters. The molecule has 5 nitrogen and oxygen atoms in total. The fraction of sp³-hybridized carbons (Fsp3) is 0.0526. The lowest BCUT2D eigenvalue weighted by atomic mass is 10.2. The molecule has 4 rings (SSSR count). The minimum Gasteiger partial charge on any atom is -0.457 e. The third-order valence-electron chi connectivity index (χ3n) is 3.67. The standard InChI is InChI=1S/C19H11F2NO4/c20-19(21)25-13-7-5-11(6-8-13)17-22-15(18(23)26-17)10-14-9-12-3-1-2-4-16(12)24-14/h1-10,19H/b15-10-. The second kappa shape index (κ2) is 6.44. The molecule has 3 aromatic rings. The summed E-state index contributed by atoms with van der Waals surface area (Å²) in [6.07, 6.45) is 1.49. The number of cyclic esters (lactones) is 1. The smallest absolute Gasteiger partial charge is 0.387 e. The van der Waals surface area contributed by atoms with Crippen molar-refractivity contribution < 1.29 is 27.5 Å². The molecular formula is C19H11F2NO4. The molecule has 0 saturated heterocycles. The van der Waals surface area contributed by atoms with Crippen LogP contribution in [0.4, 0.5) is 8.78 Å². The third-order valence-corrected chi connectivity index (χ3v) is 3.67. The Labute approximate surface area is 146 Å². The average Bonchev–Trinajstić information content (AvgIpc) is 3.18. The van der Waals surface area contributed by atoms with Crippen molar-refractivity contribution in [1.82, 2.24) is 0 Å². The molecule has 1 aliphatic rings. The second-order valence-corrected chi connectivity index (χ2v) is 5.43. The maximum absolute atomic E-state index is 12.2. The molecule has 0 radical (unpaired) electrons. The van der Waals surface area contributed by atoms with E-state index in [1.165, 1.54) is 30.3 Å². The molecule has 0 spiro atoms. The van der Waals surface area contributed by atoms with Crippen molar-refractivity contribution in [3.05, 3.63) is 71.6 Å². The summed E-state index contributed by atoms with van der Waals surface area (Å²) in [7, 11) is 0. The summed E-state index contributed by atoms with van der Waals surface area (Å²) < 4.78 is 39.4. The Bertz CT molecular complexity index is 1000. The molecule has 0 amide bonds. The number of alkyl halides is 2. The molecule has 0 saturated carbocycles. The molecule has 1 aliphatic heterocycles. The summed E-state index contributed by atoms with van der Waals surface area (Å²) in [6.45, 7) is -2.90. The number of aliphatic imine (C=N–C) groups is 1. The monoisotopic (exact) mass is 355 g/mol. The van der Waals surface area contributed by atoms with Crippen molar-refractivity contribution in [1.29, 1.82) is 0 Å². The van der Waals surface area contributed by atoms with Crippen LogP contribution in [0.1, 0.15) is 11.3 Å². The van der Waals surface area contributed by atoms with Crippen LogP contribution in [0.5, 0.6) is 5.75 Å². The maximum atomic E-state index is 12.2. The first-order chi connectivity index (χ1) is 12.6. The summed E-state index contributed by atoms with van der Waals surface area (Å²) in [4.78, 5) is 16.2. The van der Waals surface area contributed by atoms with Gasteiger partial charge in [0.1, 0.15) is 17.1 Å². The van der Waals surface area contributed by atoms with E-state index in [0.717, 1.165) is 5.39 Å². The van der Waals surface area contributed by atoms with Crippen molar-refractivity contribution in [3.8, 4) is 5.75 Å². The number of carbonyl (C=O) groups is 1. The number of benzene rings is 2. The van der Waals surface area contributed by atoms with Gasteiger partial charge in [-0.1, -0.05) is 18.2 Å². The van der Waals surface area contributed by atoms with E-state index in [1.807, 2.05) is 24.3 Å². The Morgan fingerprint density at radius 3 is 2.58 bits per heavy atom. The van der Waals surface area contributed by atoms with Crippen molar-refractivity contribution in [2.75, 3.05) is 0 Å². The van der Waals surface area contributed by atoms with Gasteiger partial charge in [0.05, 0.1) is 0 Å². The molecule has 2 heterocycles. The number of furan rings is 1. The molecule has 2 aromatic carbocycles. The van der Waals surface area contributed by atoms with Gasteiger partial charge >= 0.3 is 12.6 Å². The normalized spacial score (nSPS) is 15.6. The second-order valence-electron chi connectivity index (χ2n) is 5.43. The lowest BCUT2D eigenvalue weighted by molar-refractivity contribution is -0.129. The minimum atomic E-state index is -2.90. The fourth-order valence-corrected chi connectivity index (χ4v) is 2.52. The van der Waals surface area contributed by atoms with Crippen LogP contribution in [0.3, 0.4) is 0 Å². The number of para-hydroxylation sites is 1. The molecule has 1 aromatic heterocycles. The minimum absolute atomic E-state index is 0.00622. The zero-order chi connectivity index (χ0) is 18.1. The highest BCUT2D eigenvalue weighted by molar-refractivity contribution is 6.12. The van der Waals surface area contributed by atoms with Gasteiger partial charge in [0.15, 0.2) is 5.70 Å². The predicted octanol–water partition coefficient (Wildman–Crippen LogP) is 4.38. The van der Waals surface area contributed by atoms with E-state index in [2.05, 4.69) is 9.73 Å². The van der Waals surface area contributed by atoms with Crippen molar-refractivity contribution >= 4 is 28.9 Å². The molecule has 26 heavy (non-hydrogen) atoms. The molecule has 7 heteroatoms. The summed E-state index contributed by atoms with van der Waals surface area (Å²) in [5.74, 6) is -0.0510. The lowest BCUT2D eigenvalue weighted by Gasteiger charge is -2.04. The van der Waals surface area contributed by atoms with Gasteiger partial charge < -0.3 is 13.9 Å². The Morgan fingerprint density at radius 1 is 1.08 bits per heavy atom. The third kappa shape index (κ3) is 3.19. The number of hydrogen-bond donors (Lipinski definition) is 0. The van der Waals surface area contributed by atoms with Crippen molar-refractivity contribution in [2.45, 2.75) is 6.61 Å². The quantitative estimate of drug-likeness (QED) is 0.515. The van der Waals surface area contributed by atoms with Crippen LogP contribution in [0, 0.1) is 0 Å². The molecule has 0 fully saturated rings. The van der Waals surface area contributed by atoms with Gasteiger partial charge in [0.2, 0.25) is 5.90 Å². The molecular weight excluding hydrogens is 344 g/mol. The largest absolute Gasteiger partial charge is 0.457 e. The van der Waals surface area contributed by atoms with Gasteiger partial charge in [-0.3, -0.25) is 0 Å². The summed E-state index contributed by atoms with van der Waals surface area (Å²) in [6, 6.07) is 14.9. The van der Waals surface area contributed by atoms with E-state index in [9.17, 15) is 13.6 Å². The first-order valence-electron chi connectivity index (χ1n) is 7.65. The number of carbonyl (C=O) groups excluding carboxylic acids is 1. The van der Waals surface area contributed by atoms with Crippen LogP contribution in [0.25, 0.3) is 17.0 Å². The number of fused-ring (bicyclic) bond motifs is 1. The van der Waals surface area contributed by atoms with Crippen LogP contribution in [-0.2, 0) is 9.53 Å². The summed E-state index contributed by atoms with van der Waals surface area (Å²) in [5, 5.41) is 0.907. The average molecular weight is 355 g/mol. The van der Waals surface area contributed by atoms with E-state index in [-0.39, 0.29) is 17.3 Å². The zero-order valence-corrected chi connectivity index (χ0v) is 13.2. The SMILES string of the molecule is O=C1OC(c2ccc(OC(F)F)cc2)=N/C1=C\c1cc2ccccc2o1. The number of hydrogen-bond acceptors (Lipinski definition) is 5. The maximum Gasteiger partial charge on any atom is 0.387 e. The van der Waals surface area contributed by atoms with Crippen LogP contribution in [-0.4, -0.2) is 18.5 Å². The number of rotatable bonds is 4. The van der Waals surface area contributed by atoms with E-state index in [1.54, 1.807) is 6.07 Å². The molecule has 0 aliphatic carbocycles. The van der Waals surface area contributed by atoms with Crippen molar-refractivity contribution in [3.63, 3.8) is 0 Å². The first-order valence-corrected chi connectivity index (χ1v) is 7.65.